The topological polar surface area (TPSA) is 59.0 Å². The van der Waals surface area contributed by atoms with Crippen LogP contribution in [-0.4, -0.2) is 63.4 Å². The molecular weight excluding hydrogens is 415 g/mol. The van der Waals surface area contributed by atoms with Gasteiger partial charge in [-0.2, -0.15) is 0 Å². The molecule has 1 heterocycles. The maximum Gasteiger partial charge on any atom is 0.193 e. The van der Waals surface area contributed by atoms with E-state index in [-0.39, 0.29) is 24.0 Å². The minimum absolute atomic E-state index is 0. The van der Waals surface area contributed by atoms with Crippen LogP contribution >= 0.6 is 35.3 Å². The van der Waals surface area contributed by atoms with Crippen LogP contribution in [0.1, 0.15) is 17.1 Å². The standard InChI is InChI=1S/C14H26N4O2S.HI/c1-12-17-13(11-21-12)10-18(3)14(15-2)16-6-5-7-20-9-8-19-4;/h11H,5-10H2,1-4H3,(H,15,16);1H. The van der Waals surface area contributed by atoms with Crippen molar-refractivity contribution in [3.63, 3.8) is 0 Å². The molecule has 1 N–H and O–H groups in total. The number of aliphatic imine (C=N–C) groups is 1. The lowest BCUT2D eigenvalue weighted by molar-refractivity contribution is 0.0698. The number of rotatable bonds is 9. The Bertz CT molecular complexity index is 429. The molecule has 128 valence electrons. The molecular formula is C14H27IN4O2S. The van der Waals surface area contributed by atoms with Crippen molar-refractivity contribution in [2.75, 3.05) is 47.6 Å². The number of hydrogen-bond donors (Lipinski definition) is 1. The highest BCUT2D eigenvalue weighted by molar-refractivity contribution is 14.0. The second-order valence-electron chi connectivity index (χ2n) is 4.65. The van der Waals surface area contributed by atoms with E-state index in [1.165, 1.54) is 0 Å². The summed E-state index contributed by atoms with van der Waals surface area (Å²) in [5.74, 6) is 0.873. The quantitative estimate of drug-likeness (QED) is 0.275. The maximum atomic E-state index is 5.42. The van der Waals surface area contributed by atoms with Gasteiger partial charge in [-0.05, 0) is 13.3 Å². The molecule has 0 radical (unpaired) electrons. The summed E-state index contributed by atoms with van der Waals surface area (Å²) in [6.45, 7) is 5.63. The second kappa shape index (κ2) is 13.0. The molecule has 1 aromatic rings. The second-order valence-corrected chi connectivity index (χ2v) is 5.71. The van der Waals surface area contributed by atoms with Crippen molar-refractivity contribution in [1.29, 1.82) is 0 Å². The van der Waals surface area contributed by atoms with Crippen molar-refractivity contribution in [1.82, 2.24) is 15.2 Å². The molecule has 0 saturated heterocycles. The molecule has 8 heteroatoms. The predicted molar refractivity (Wildman–Crippen MR) is 102 cm³/mol. The fourth-order valence-electron chi connectivity index (χ4n) is 1.80. The van der Waals surface area contributed by atoms with Gasteiger partial charge in [-0.25, -0.2) is 4.98 Å². The molecule has 1 rings (SSSR count). The van der Waals surface area contributed by atoms with Crippen molar-refractivity contribution in [3.8, 4) is 0 Å². The number of hydrogen-bond acceptors (Lipinski definition) is 5. The van der Waals surface area contributed by atoms with Crippen LogP contribution in [0.5, 0.6) is 0 Å². The summed E-state index contributed by atoms with van der Waals surface area (Å²) < 4.78 is 10.3. The van der Waals surface area contributed by atoms with Crippen molar-refractivity contribution >= 4 is 41.3 Å². The fourth-order valence-corrected chi connectivity index (χ4v) is 2.41. The van der Waals surface area contributed by atoms with E-state index in [1.807, 2.05) is 14.0 Å². The summed E-state index contributed by atoms with van der Waals surface area (Å²) in [6, 6.07) is 0. The highest BCUT2D eigenvalue weighted by atomic mass is 127. The zero-order valence-corrected chi connectivity index (χ0v) is 16.9. The average molecular weight is 442 g/mol. The van der Waals surface area contributed by atoms with Gasteiger partial charge in [0, 0.05) is 39.7 Å². The predicted octanol–water partition coefficient (Wildman–Crippen LogP) is 2.13. The third-order valence-electron chi connectivity index (χ3n) is 2.82. The van der Waals surface area contributed by atoms with E-state index >= 15 is 0 Å². The van der Waals surface area contributed by atoms with Crippen LogP contribution in [0.15, 0.2) is 10.4 Å². The minimum Gasteiger partial charge on any atom is -0.382 e. The van der Waals surface area contributed by atoms with Crippen LogP contribution in [0.25, 0.3) is 0 Å². The van der Waals surface area contributed by atoms with Gasteiger partial charge in [0.1, 0.15) is 0 Å². The summed E-state index contributed by atoms with van der Waals surface area (Å²) in [6.07, 6.45) is 0.937. The lowest BCUT2D eigenvalue weighted by atomic mass is 10.4. The van der Waals surface area contributed by atoms with Gasteiger partial charge < -0.3 is 19.7 Å². The van der Waals surface area contributed by atoms with Crippen LogP contribution in [0.4, 0.5) is 0 Å². The zero-order valence-electron chi connectivity index (χ0n) is 13.8. The Kier molecular flexibility index (Phi) is 12.8. The minimum atomic E-state index is 0. The largest absolute Gasteiger partial charge is 0.382 e. The number of aromatic nitrogens is 1. The first-order chi connectivity index (χ1) is 10.2. The van der Waals surface area contributed by atoms with E-state index in [1.54, 1.807) is 25.5 Å². The summed E-state index contributed by atoms with van der Waals surface area (Å²) in [4.78, 5) is 10.8. The number of guanidine groups is 1. The van der Waals surface area contributed by atoms with E-state index in [0.717, 1.165) is 42.8 Å². The van der Waals surface area contributed by atoms with Crippen molar-refractivity contribution < 1.29 is 9.47 Å². The number of ether oxygens (including phenoxy) is 2. The van der Waals surface area contributed by atoms with E-state index in [4.69, 9.17) is 9.47 Å². The molecule has 0 atom stereocenters. The van der Waals surface area contributed by atoms with E-state index in [0.29, 0.717) is 13.2 Å². The van der Waals surface area contributed by atoms with Gasteiger partial charge in [0.2, 0.25) is 0 Å². The summed E-state index contributed by atoms with van der Waals surface area (Å²) >= 11 is 1.67. The fraction of sp³-hybridized carbons (Fsp3) is 0.714. The molecule has 0 unspecified atom stereocenters. The molecule has 0 aromatic carbocycles. The van der Waals surface area contributed by atoms with Gasteiger partial charge in [0.25, 0.3) is 0 Å². The molecule has 0 spiro atoms. The molecule has 0 bridgehead atoms. The molecule has 0 aliphatic carbocycles. The normalized spacial score (nSPS) is 11.2. The molecule has 1 aromatic heterocycles. The van der Waals surface area contributed by atoms with E-state index in [2.05, 4.69) is 25.6 Å². The summed E-state index contributed by atoms with van der Waals surface area (Å²) in [7, 11) is 5.48. The molecule has 0 aliphatic rings. The molecule has 0 saturated carbocycles. The number of aryl methyl sites for hydroxylation is 1. The van der Waals surface area contributed by atoms with Crippen molar-refractivity contribution in [2.24, 2.45) is 4.99 Å². The Balaban J connectivity index is 0.00000441. The van der Waals surface area contributed by atoms with Gasteiger partial charge in [0.15, 0.2) is 5.96 Å². The number of methoxy groups -OCH3 is 1. The monoisotopic (exact) mass is 442 g/mol. The third kappa shape index (κ3) is 8.86. The van der Waals surface area contributed by atoms with Gasteiger partial charge >= 0.3 is 0 Å². The Morgan fingerprint density at radius 1 is 1.41 bits per heavy atom. The van der Waals surface area contributed by atoms with Gasteiger partial charge in [0.05, 0.1) is 30.5 Å². The maximum absolute atomic E-state index is 5.42. The first kappa shape index (κ1) is 21.6. The van der Waals surface area contributed by atoms with E-state index in [9.17, 15) is 0 Å². The third-order valence-corrected chi connectivity index (χ3v) is 3.64. The number of nitrogens with one attached hydrogen (secondary N) is 1. The highest BCUT2D eigenvalue weighted by Crippen LogP contribution is 2.09. The van der Waals surface area contributed by atoms with E-state index < -0.39 is 0 Å². The molecule has 6 nitrogen and oxygen atoms in total. The Morgan fingerprint density at radius 2 is 2.18 bits per heavy atom. The van der Waals surface area contributed by atoms with Crippen LogP contribution in [0.3, 0.4) is 0 Å². The number of thiazole rings is 1. The lowest BCUT2D eigenvalue weighted by Crippen LogP contribution is -2.39. The SMILES string of the molecule is CN=C(NCCCOCCOC)N(C)Cc1csc(C)n1.I. The first-order valence-corrected chi connectivity index (χ1v) is 7.94. The van der Waals surface area contributed by atoms with Crippen LogP contribution in [0.2, 0.25) is 0 Å². The molecule has 0 amide bonds. The van der Waals surface area contributed by atoms with Gasteiger partial charge in [-0.3, -0.25) is 4.99 Å². The smallest absolute Gasteiger partial charge is 0.193 e. The van der Waals surface area contributed by atoms with Crippen molar-refractivity contribution in [3.05, 3.63) is 16.1 Å². The van der Waals surface area contributed by atoms with Crippen LogP contribution < -0.4 is 5.32 Å². The number of nitrogens with zero attached hydrogens (tertiary/aromatic N) is 3. The Labute approximate surface area is 154 Å². The first-order valence-electron chi connectivity index (χ1n) is 7.06. The van der Waals surface area contributed by atoms with Crippen LogP contribution in [0, 0.1) is 6.92 Å². The Hall–Kier alpha value is -0.450. The molecule has 0 aliphatic heterocycles. The highest BCUT2D eigenvalue weighted by Gasteiger charge is 2.08. The average Bonchev–Trinajstić information content (AvgIpc) is 2.87. The molecule has 0 fully saturated rings. The van der Waals surface area contributed by atoms with Gasteiger partial charge in [-0.15, -0.1) is 35.3 Å². The zero-order chi connectivity index (χ0) is 15.5. The van der Waals surface area contributed by atoms with Crippen LogP contribution in [-0.2, 0) is 16.0 Å². The van der Waals surface area contributed by atoms with Gasteiger partial charge in [-0.1, -0.05) is 0 Å². The molecule has 22 heavy (non-hydrogen) atoms. The summed E-state index contributed by atoms with van der Waals surface area (Å²) in [5, 5.41) is 6.51. The Morgan fingerprint density at radius 3 is 2.77 bits per heavy atom. The summed E-state index contributed by atoms with van der Waals surface area (Å²) in [5.41, 5.74) is 1.07. The number of halogens is 1. The van der Waals surface area contributed by atoms with Crippen molar-refractivity contribution in [2.45, 2.75) is 19.9 Å². The lowest BCUT2D eigenvalue weighted by Gasteiger charge is -2.21.